The zero-order chi connectivity index (χ0) is 14.2. The number of benzene rings is 1. The zero-order valence-electron chi connectivity index (χ0n) is 10.6. The minimum atomic E-state index is -1.12. The number of allylic oxidation sites excluding steroid dienone is 1. The average molecular weight is 259 g/mol. The molecule has 1 aromatic carbocycles. The Labute approximate surface area is 110 Å². The molecule has 0 saturated heterocycles. The van der Waals surface area contributed by atoms with E-state index in [1.54, 1.807) is 6.08 Å². The number of nitrogens with zero attached hydrogens (tertiary/aromatic N) is 1. The minimum absolute atomic E-state index is 0.00367. The number of fused-ring (bicyclic) bond motifs is 1. The van der Waals surface area contributed by atoms with Crippen molar-refractivity contribution in [1.82, 2.24) is 4.90 Å². The molecule has 0 fully saturated rings. The smallest absolute Gasteiger partial charge is 0.335 e. The summed E-state index contributed by atoms with van der Waals surface area (Å²) >= 11 is 0. The van der Waals surface area contributed by atoms with E-state index in [0.717, 1.165) is 10.5 Å². The molecule has 0 unspecified atom stereocenters. The Bertz CT molecular complexity index is 612. The maximum Gasteiger partial charge on any atom is 0.335 e. The van der Waals surface area contributed by atoms with Gasteiger partial charge in [0.1, 0.15) is 0 Å². The Morgan fingerprint density at radius 2 is 1.84 bits per heavy atom. The fourth-order valence-corrected chi connectivity index (χ4v) is 1.86. The van der Waals surface area contributed by atoms with Gasteiger partial charge in [0.05, 0.1) is 16.7 Å². The van der Waals surface area contributed by atoms with Crippen molar-refractivity contribution in [2.75, 3.05) is 6.54 Å². The molecule has 19 heavy (non-hydrogen) atoms. The van der Waals surface area contributed by atoms with E-state index in [-0.39, 0.29) is 29.1 Å². The molecule has 1 heterocycles. The number of amides is 2. The first-order chi connectivity index (χ1) is 8.91. The van der Waals surface area contributed by atoms with Crippen LogP contribution in [-0.4, -0.2) is 34.3 Å². The molecule has 5 nitrogen and oxygen atoms in total. The third-order valence-corrected chi connectivity index (χ3v) is 2.90. The van der Waals surface area contributed by atoms with Gasteiger partial charge in [-0.3, -0.25) is 14.5 Å². The van der Waals surface area contributed by atoms with Crippen LogP contribution in [0.4, 0.5) is 0 Å². The highest BCUT2D eigenvalue weighted by Gasteiger charge is 2.35. The number of rotatable bonds is 3. The van der Waals surface area contributed by atoms with Crippen molar-refractivity contribution in [2.45, 2.75) is 13.8 Å². The maximum atomic E-state index is 12.1. The summed E-state index contributed by atoms with van der Waals surface area (Å²) in [6.07, 6.45) is 1.78. The van der Waals surface area contributed by atoms with Gasteiger partial charge in [-0.2, -0.15) is 0 Å². The van der Waals surface area contributed by atoms with Crippen molar-refractivity contribution in [1.29, 1.82) is 0 Å². The van der Waals surface area contributed by atoms with Crippen LogP contribution in [0, 0.1) is 0 Å². The van der Waals surface area contributed by atoms with Gasteiger partial charge in [-0.1, -0.05) is 11.6 Å². The van der Waals surface area contributed by atoms with E-state index in [2.05, 4.69) is 0 Å². The van der Waals surface area contributed by atoms with Gasteiger partial charge in [0.2, 0.25) is 0 Å². The molecule has 1 N–H and O–H groups in total. The van der Waals surface area contributed by atoms with Gasteiger partial charge < -0.3 is 5.11 Å². The van der Waals surface area contributed by atoms with Gasteiger partial charge in [0.25, 0.3) is 11.8 Å². The molecule has 0 saturated carbocycles. The quantitative estimate of drug-likeness (QED) is 0.665. The van der Waals surface area contributed by atoms with Crippen LogP contribution in [0.25, 0.3) is 0 Å². The van der Waals surface area contributed by atoms with Gasteiger partial charge in [0, 0.05) is 6.54 Å². The van der Waals surface area contributed by atoms with Gasteiger partial charge in [0.15, 0.2) is 0 Å². The number of imide groups is 1. The average Bonchev–Trinajstić information content (AvgIpc) is 2.59. The Balaban J connectivity index is 2.39. The van der Waals surface area contributed by atoms with Crippen LogP contribution in [0.5, 0.6) is 0 Å². The number of carboxylic acid groups (broad SMARTS) is 1. The largest absolute Gasteiger partial charge is 0.478 e. The lowest BCUT2D eigenvalue weighted by molar-refractivity contribution is 0.0668. The highest BCUT2D eigenvalue weighted by molar-refractivity contribution is 6.22. The summed E-state index contributed by atoms with van der Waals surface area (Å²) in [6, 6.07) is 3.97. The van der Waals surface area contributed by atoms with Gasteiger partial charge >= 0.3 is 5.97 Å². The Hall–Kier alpha value is -2.43. The first-order valence-electron chi connectivity index (χ1n) is 5.78. The van der Waals surface area contributed by atoms with Crippen LogP contribution in [0.15, 0.2) is 29.8 Å². The first kappa shape index (κ1) is 13.0. The molecule has 0 aliphatic carbocycles. The van der Waals surface area contributed by atoms with Crippen LogP contribution >= 0.6 is 0 Å². The predicted octanol–water partition coefficient (Wildman–Crippen LogP) is 1.95. The molecule has 2 rings (SSSR count). The minimum Gasteiger partial charge on any atom is -0.478 e. The molecule has 2 amide bonds. The lowest BCUT2D eigenvalue weighted by Gasteiger charge is -2.10. The lowest BCUT2D eigenvalue weighted by Crippen LogP contribution is -2.29. The van der Waals surface area contributed by atoms with Crippen LogP contribution in [0.3, 0.4) is 0 Å². The Morgan fingerprint density at radius 3 is 2.42 bits per heavy atom. The Morgan fingerprint density at radius 1 is 1.21 bits per heavy atom. The molecule has 5 heteroatoms. The third-order valence-electron chi connectivity index (χ3n) is 2.90. The molecule has 0 aromatic heterocycles. The zero-order valence-corrected chi connectivity index (χ0v) is 10.6. The highest BCUT2D eigenvalue weighted by atomic mass is 16.4. The molecule has 0 bridgehead atoms. The maximum absolute atomic E-state index is 12.1. The van der Waals surface area contributed by atoms with Gasteiger partial charge in [-0.15, -0.1) is 0 Å². The molecule has 98 valence electrons. The number of carboxylic acids is 1. The summed E-state index contributed by atoms with van der Waals surface area (Å²) in [5.74, 6) is -1.94. The number of carbonyl (C=O) groups is 3. The molecule has 0 atom stereocenters. The second kappa shape index (κ2) is 4.68. The molecule has 1 aromatic rings. The number of carbonyl (C=O) groups excluding carboxylic acids is 2. The van der Waals surface area contributed by atoms with E-state index in [1.165, 1.54) is 18.2 Å². The van der Waals surface area contributed by atoms with Crippen molar-refractivity contribution in [3.63, 3.8) is 0 Å². The van der Waals surface area contributed by atoms with E-state index in [9.17, 15) is 14.4 Å². The SMILES string of the molecule is CC(C)=CCN1C(=O)c2ccc(C(=O)O)cc2C1=O. The summed E-state index contributed by atoms with van der Waals surface area (Å²) in [7, 11) is 0. The van der Waals surface area contributed by atoms with E-state index >= 15 is 0 Å². The summed E-state index contributed by atoms with van der Waals surface area (Å²) in [6.45, 7) is 3.96. The third kappa shape index (κ3) is 2.27. The summed E-state index contributed by atoms with van der Waals surface area (Å²) in [5.41, 5.74) is 1.43. The van der Waals surface area contributed by atoms with Crippen LogP contribution < -0.4 is 0 Å². The standard InChI is InChI=1S/C14H13NO4/c1-8(2)5-6-15-12(16)10-4-3-9(14(18)19)7-11(10)13(15)17/h3-5,7H,6H2,1-2H3,(H,18,19). The molecule has 0 radical (unpaired) electrons. The topological polar surface area (TPSA) is 74.7 Å². The number of hydrogen-bond donors (Lipinski definition) is 1. The van der Waals surface area contributed by atoms with Gasteiger partial charge in [-0.05, 0) is 32.0 Å². The second-order valence-corrected chi connectivity index (χ2v) is 4.57. The van der Waals surface area contributed by atoms with E-state index in [0.29, 0.717) is 0 Å². The highest BCUT2D eigenvalue weighted by Crippen LogP contribution is 2.24. The molecular weight excluding hydrogens is 246 g/mol. The normalized spacial score (nSPS) is 13.5. The molecular formula is C14H13NO4. The number of hydrogen-bond acceptors (Lipinski definition) is 3. The molecule has 1 aliphatic heterocycles. The van der Waals surface area contributed by atoms with Crippen LogP contribution in [0.1, 0.15) is 44.9 Å². The van der Waals surface area contributed by atoms with E-state index in [4.69, 9.17) is 5.11 Å². The van der Waals surface area contributed by atoms with Crippen LogP contribution in [0.2, 0.25) is 0 Å². The van der Waals surface area contributed by atoms with E-state index in [1.807, 2.05) is 13.8 Å². The summed E-state index contributed by atoms with van der Waals surface area (Å²) in [5, 5.41) is 8.89. The van der Waals surface area contributed by atoms with Crippen LogP contribution in [-0.2, 0) is 0 Å². The fourth-order valence-electron chi connectivity index (χ4n) is 1.86. The van der Waals surface area contributed by atoms with Crippen molar-refractivity contribution in [3.8, 4) is 0 Å². The lowest BCUT2D eigenvalue weighted by atomic mass is 10.1. The summed E-state index contributed by atoms with van der Waals surface area (Å²) in [4.78, 5) is 36.1. The monoisotopic (exact) mass is 259 g/mol. The van der Waals surface area contributed by atoms with Crippen molar-refractivity contribution in [2.24, 2.45) is 0 Å². The van der Waals surface area contributed by atoms with Gasteiger partial charge in [-0.25, -0.2) is 4.79 Å². The number of aromatic carboxylic acids is 1. The predicted molar refractivity (Wildman–Crippen MR) is 68.2 cm³/mol. The fraction of sp³-hybridized carbons (Fsp3) is 0.214. The molecule has 0 spiro atoms. The first-order valence-corrected chi connectivity index (χ1v) is 5.78. The molecule has 1 aliphatic rings. The Kier molecular flexibility index (Phi) is 3.21. The van der Waals surface area contributed by atoms with E-state index < -0.39 is 11.9 Å². The second-order valence-electron chi connectivity index (χ2n) is 4.57. The van der Waals surface area contributed by atoms with Crippen molar-refractivity contribution >= 4 is 17.8 Å². The van der Waals surface area contributed by atoms with Crippen molar-refractivity contribution < 1.29 is 19.5 Å². The van der Waals surface area contributed by atoms with Crippen molar-refractivity contribution in [3.05, 3.63) is 46.5 Å². The summed E-state index contributed by atoms with van der Waals surface area (Å²) < 4.78 is 0.